The van der Waals surface area contributed by atoms with Crippen LogP contribution in [-0.2, 0) is 4.79 Å². The molecule has 0 bridgehead atoms. The molecule has 0 atom stereocenters. The van der Waals surface area contributed by atoms with E-state index in [1.807, 2.05) is 18.2 Å². The van der Waals surface area contributed by atoms with Gasteiger partial charge in [-0.2, -0.15) is 4.68 Å². The molecule has 0 radical (unpaired) electrons. The van der Waals surface area contributed by atoms with Gasteiger partial charge in [-0.15, -0.1) is 16.7 Å². The number of amides is 1. The zero-order valence-corrected chi connectivity index (χ0v) is 10.3. The number of aromatic nitrogens is 4. The van der Waals surface area contributed by atoms with E-state index in [0.717, 1.165) is 5.69 Å². The van der Waals surface area contributed by atoms with Crippen LogP contribution in [0.2, 0.25) is 0 Å². The van der Waals surface area contributed by atoms with Crippen molar-refractivity contribution in [3.05, 3.63) is 30.6 Å². The Hall–Kier alpha value is -1.95. The van der Waals surface area contributed by atoms with Gasteiger partial charge in [0.1, 0.15) is 6.33 Å². The molecule has 1 N–H and O–H groups in total. The van der Waals surface area contributed by atoms with Gasteiger partial charge in [-0.25, -0.2) is 0 Å². The summed E-state index contributed by atoms with van der Waals surface area (Å²) in [5.41, 5.74) is 1.39. The largest absolute Gasteiger partial charge is 0.324 e. The zero-order valence-electron chi connectivity index (χ0n) is 9.58. The highest BCUT2D eigenvalue weighted by atomic mass is 35.5. The number of benzene rings is 1. The Morgan fingerprint density at radius 1 is 1.39 bits per heavy atom. The van der Waals surface area contributed by atoms with Crippen LogP contribution < -0.4 is 5.32 Å². The summed E-state index contributed by atoms with van der Waals surface area (Å²) in [6.45, 7) is 0. The van der Waals surface area contributed by atoms with Crippen molar-refractivity contribution in [2.45, 2.75) is 12.8 Å². The van der Waals surface area contributed by atoms with E-state index in [4.69, 9.17) is 11.6 Å². The number of carbonyl (C=O) groups is 1. The van der Waals surface area contributed by atoms with Crippen LogP contribution in [-0.4, -0.2) is 32.0 Å². The molecule has 0 aliphatic rings. The quantitative estimate of drug-likeness (QED) is 0.834. The molecule has 0 aliphatic carbocycles. The van der Waals surface area contributed by atoms with Gasteiger partial charge in [-0.1, -0.05) is 12.1 Å². The van der Waals surface area contributed by atoms with Crippen molar-refractivity contribution in [3.63, 3.8) is 0 Å². The van der Waals surface area contributed by atoms with Crippen LogP contribution in [0.3, 0.4) is 0 Å². The lowest BCUT2D eigenvalue weighted by molar-refractivity contribution is -0.116. The molecule has 0 fully saturated rings. The summed E-state index contributed by atoms with van der Waals surface area (Å²) in [5, 5.41) is 13.8. The first-order valence-corrected chi connectivity index (χ1v) is 6.03. The average Bonchev–Trinajstić information content (AvgIpc) is 2.91. The van der Waals surface area contributed by atoms with Gasteiger partial charge < -0.3 is 5.32 Å². The molecule has 0 spiro atoms. The third kappa shape index (κ3) is 3.04. The molecule has 2 rings (SSSR count). The lowest BCUT2D eigenvalue weighted by atomic mass is 10.2. The number of carbonyl (C=O) groups excluding carboxylic acids is 1. The van der Waals surface area contributed by atoms with Crippen LogP contribution in [0, 0.1) is 0 Å². The van der Waals surface area contributed by atoms with E-state index >= 15 is 0 Å². The third-order valence-electron chi connectivity index (χ3n) is 2.31. The second-order valence-electron chi connectivity index (χ2n) is 3.61. The number of nitrogens with one attached hydrogen (secondary N) is 1. The van der Waals surface area contributed by atoms with E-state index < -0.39 is 0 Å². The summed E-state index contributed by atoms with van der Waals surface area (Å²) in [6.07, 6.45) is 2.53. The van der Waals surface area contributed by atoms with Gasteiger partial charge in [0.05, 0.1) is 11.4 Å². The first-order chi connectivity index (χ1) is 8.81. The molecule has 0 saturated heterocycles. The highest BCUT2D eigenvalue weighted by Gasteiger charge is 2.08. The van der Waals surface area contributed by atoms with Crippen LogP contribution in [0.15, 0.2) is 30.6 Å². The van der Waals surface area contributed by atoms with Crippen molar-refractivity contribution < 1.29 is 4.79 Å². The standard InChI is InChI=1S/C11H12ClN5O/c12-7-3-6-11(18)14-9-4-1-2-5-10(9)17-8-13-15-16-17/h1-2,4-5,8H,3,6-7H2,(H,14,18). The fourth-order valence-electron chi connectivity index (χ4n) is 1.49. The average molecular weight is 266 g/mol. The Kier molecular flexibility index (Phi) is 4.25. The molecule has 6 nitrogen and oxygen atoms in total. The number of hydrogen-bond acceptors (Lipinski definition) is 4. The molecule has 1 aromatic carbocycles. The third-order valence-corrected chi connectivity index (χ3v) is 2.58. The van der Waals surface area contributed by atoms with Gasteiger partial charge in [-0.3, -0.25) is 4.79 Å². The van der Waals surface area contributed by atoms with Crippen molar-refractivity contribution in [1.29, 1.82) is 0 Å². The molecule has 0 aliphatic heterocycles. The van der Waals surface area contributed by atoms with Crippen molar-refractivity contribution in [2.24, 2.45) is 0 Å². The van der Waals surface area contributed by atoms with E-state index in [1.54, 1.807) is 6.07 Å². The predicted molar refractivity (Wildman–Crippen MR) is 67.7 cm³/mol. The van der Waals surface area contributed by atoms with Gasteiger partial charge >= 0.3 is 0 Å². The Bertz CT molecular complexity index is 514. The number of tetrazole rings is 1. The maximum absolute atomic E-state index is 11.7. The number of alkyl halides is 1. The highest BCUT2D eigenvalue weighted by Crippen LogP contribution is 2.18. The number of halogens is 1. The second kappa shape index (κ2) is 6.11. The summed E-state index contributed by atoms with van der Waals surface area (Å²) in [7, 11) is 0. The van der Waals surface area contributed by atoms with Gasteiger partial charge in [0.15, 0.2) is 0 Å². The summed E-state index contributed by atoms with van der Waals surface area (Å²) in [4.78, 5) is 11.7. The number of hydrogen-bond donors (Lipinski definition) is 1. The molecule has 18 heavy (non-hydrogen) atoms. The zero-order chi connectivity index (χ0) is 12.8. The van der Waals surface area contributed by atoms with Gasteiger partial charge in [0.25, 0.3) is 0 Å². The molecule has 94 valence electrons. The van der Waals surface area contributed by atoms with Crippen molar-refractivity contribution >= 4 is 23.2 Å². The number of anilines is 1. The Morgan fingerprint density at radius 3 is 2.94 bits per heavy atom. The van der Waals surface area contributed by atoms with E-state index in [0.29, 0.717) is 24.4 Å². The van der Waals surface area contributed by atoms with E-state index in [-0.39, 0.29) is 5.91 Å². The molecule has 1 aromatic heterocycles. The van der Waals surface area contributed by atoms with Crippen molar-refractivity contribution in [3.8, 4) is 5.69 Å². The summed E-state index contributed by atoms with van der Waals surface area (Å²) in [5.74, 6) is 0.401. The van der Waals surface area contributed by atoms with Crippen LogP contribution >= 0.6 is 11.6 Å². The van der Waals surface area contributed by atoms with Gasteiger partial charge in [0.2, 0.25) is 5.91 Å². The first kappa shape index (κ1) is 12.5. The Balaban J connectivity index is 2.16. The van der Waals surface area contributed by atoms with Crippen molar-refractivity contribution in [2.75, 3.05) is 11.2 Å². The first-order valence-electron chi connectivity index (χ1n) is 5.49. The number of nitrogens with zero attached hydrogens (tertiary/aromatic N) is 4. The molecular formula is C11H12ClN5O. The molecule has 1 amide bonds. The second-order valence-corrected chi connectivity index (χ2v) is 3.99. The van der Waals surface area contributed by atoms with Gasteiger partial charge in [-0.05, 0) is 29.0 Å². The minimum atomic E-state index is -0.0730. The van der Waals surface area contributed by atoms with Crippen molar-refractivity contribution in [1.82, 2.24) is 20.2 Å². The van der Waals surface area contributed by atoms with Gasteiger partial charge in [0, 0.05) is 12.3 Å². The van der Waals surface area contributed by atoms with Crippen LogP contribution in [0.5, 0.6) is 0 Å². The van der Waals surface area contributed by atoms with E-state index in [9.17, 15) is 4.79 Å². The van der Waals surface area contributed by atoms with Crippen LogP contribution in [0.4, 0.5) is 5.69 Å². The Labute approximate surface area is 109 Å². The number of para-hydroxylation sites is 2. The topological polar surface area (TPSA) is 72.7 Å². The Morgan fingerprint density at radius 2 is 2.22 bits per heavy atom. The predicted octanol–water partition coefficient (Wildman–Crippen LogP) is 1.62. The molecule has 0 saturated carbocycles. The minimum Gasteiger partial charge on any atom is -0.324 e. The fourth-order valence-corrected chi connectivity index (χ4v) is 1.62. The molecule has 7 heteroatoms. The number of rotatable bonds is 5. The summed E-state index contributed by atoms with van der Waals surface area (Å²) < 4.78 is 1.50. The maximum Gasteiger partial charge on any atom is 0.224 e. The molecule has 1 heterocycles. The lowest BCUT2D eigenvalue weighted by Gasteiger charge is -2.09. The fraction of sp³-hybridized carbons (Fsp3) is 0.273. The SMILES string of the molecule is O=C(CCCCl)Nc1ccccc1-n1cnnn1. The maximum atomic E-state index is 11.7. The summed E-state index contributed by atoms with van der Waals surface area (Å²) >= 11 is 5.55. The van der Waals surface area contributed by atoms with E-state index in [2.05, 4.69) is 20.8 Å². The molecule has 2 aromatic rings. The monoisotopic (exact) mass is 265 g/mol. The highest BCUT2D eigenvalue weighted by molar-refractivity contribution is 6.18. The molecular weight excluding hydrogens is 254 g/mol. The van der Waals surface area contributed by atoms with E-state index in [1.165, 1.54) is 11.0 Å². The molecule has 0 unspecified atom stereocenters. The van der Waals surface area contributed by atoms with Crippen LogP contribution in [0.25, 0.3) is 5.69 Å². The summed E-state index contributed by atoms with van der Waals surface area (Å²) in [6, 6.07) is 7.32. The van der Waals surface area contributed by atoms with Crippen LogP contribution in [0.1, 0.15) is 12.8 Å². The normalized spacial score (nSPS) is 10.3. The minimum absolute atomic E-state index is 0.0730. The smallest absolute Gasteiger partial charge is 0.224 e. The lowest BCUT2D eigenvalue weighted by Crippen LogP contribution is -2.13.